The molecule has 120 valence electrons. The Kier molecular flexibility index (Phi) is 5.11. The number of carbonyl (C=O) groups excluding carboxylic acids is 1. The van der Waals surface area contributed by atoms with Crippen molar-refractivity contribution in [1.29, 1.82) is 0 Å². The van der Waals surface area contributed by atoms with Crippen LogP contribution in [0.15, 0.2) is 30.3 Å². The number of hydrogen-bond donors (Lipinski definition) is 1. The maximum Gasteiger partial charge on any atom is 0.222 e. The van der Waals surface area contributed by atoms with Gasteiger partial charge >= 0.3 is 0 Å². The Balaban J connectivity index is 1.46. The molecule has 0 unspecified atom stereocenters. The van der Waals surface area contributed by atoms with Crippen molar-refractivity contribution in [2.45, 2.75) is 50.8 Å². The van der Waals surface area contributed by atoms with E-state index in [0.29, 0.717) is 12.5 Å². The molecule has 0 aromatic heterocycles. The topological polar surface area (TPSA) is 41.6 Å². The van der Waals surface area contributed by atoms with Crippen LogP contribution in [0.5, 0.6) is 0 Å². The number of carbonyl (C=O) groups is 1. The Hall–Kier alpha value is -1.39. The number of ether oxygens (including phenoxy) is 1. The van der Waals surface area contributed by atoms with Gasteiger partial charge in [-0.15, -0.1) is 0 Å². The molecule has 22 heavy (non-hydrogen) atoms. The third-order valence-electron chi connectivity index (χ3n) is 4.85. The molecule has 2 fully saturated rings. The Bertz CT molecular complexity index is 485. The number of likely N-dealkylation sites (tertiary alicyclic amines) is 1. The van der Waals surface area contributed by atoms with Crippen molar-refractivity contribution in [3.63, 3.8) is 0 Å². The first kappa shape index (κ1) is 15.5. The molecule has 4 heteroatoms. The summed E-state index contributed by atoms with van der Waals surface area (Å²) in [4.78, 5) is 14.5. The number of hydrogen-bond acceptors (Lipinski definition) is 3. The highest BCUT2D eigenvalue weighted by Gasteiger charge is 2.28. The predicted octanol–water partition coefficient (Wildman–Crippen LogP) is 2.51. The van der Waals surface area contributed by atoms with E-state index < -0.39 is 0 Å². The van der Waals surface area contributed by atoms with Gasteiger partial charge in [-0.2, -0.15) is 0 Å². The first-order valence-corrected chi connectivity index (χ1v) is 8.42. The number of amides is 1. The second-order valence-electron chi connectivity index (χ2n) is 6.47. The van der Waals surface area contributed by atoms with Crippen LogP contribution in [-0.2, 0) is 9.53 Å². The summed E-state index contributed by atoms with van der Waals surface area (Å²) in [7, 11) is 0. The van der Waals surface area contributed by atoms with E-state index in [1.807, 2.05) is 6.07 Å². The van der Waals surface area contributed by atoms with Crippen LogP contribution >= 0.6 is 0 Å². The highest BCUT2D eigenvalue weighted by atomic mass is 16.5. The minimum absolute atomic E-state index is 0.140. The van der Waals surface area contributed by atoms with E-state index in [-0.39, 0.29) is 18.1 Å². The Morgan fingerprint density at radius 2 is 2.18 bits per heavy atom. The molecule has 0 bridgehead atoms. The van der Waals surface area contributed by atoms with E-state index in [1.165, 1.54) is 5.56 Å². The van der Waals surface area contributed by atoms with Gasteiger partial charge in [0.25, 0.3) is 0 Å². The smallest absolute Gasteiger partial charge is 0.222 e. The fourth-order valence-corrected chi connectivity index (χ4v) is 3.50. The average molecular weight is 302 g/mol. The van der Waals surface area contributed by atoms with E-state index in [0.717, 1.165) is 39.0 Å². The molecule has 4 nitrogen and oxygen atoms in total. The van der Waals surface area contributed by atoms with E-state index >= 15 is 0 Å². The van der Waals surface area contributed by atoms with Crippen molar-refractivity contribution in [3.8, 4) is 0 Å². The monoisotopic (exact) mass is 302 g/mol. The lowest BCUT2D eigenvalue weighted by molar-refractivity contribution is -0.123. The number of benzene rings is 1. The van der Waals surface area contributed by atoms with Crippen molar-refractivity contribution in [3.05, 3.63) is 35.9 Å². The molecule has 3 rings (SSSR count). The molecule has 1 N–H and O–H groups in total. The number of nitrogens with one attached hydrogen (secondary N) is 1. The van der Waals surface area contributed by atoms with Crippen LogP contribution < -0.4 is 5.32 Å². The second-order valence-corrected chi connectivity index (χ2v) is 6.47. The molecule has 1 aromatic carbocycles. The van der Waals surface area contributed by atoms with E-state index in [9.17, 15) is 4.79 Å². The standard InChI is InChI=1S/C18H26N2O2/c1-14(15-6-3-2-4-7-15)20-10-9-16(13-20)19-18(21)12-17-8-5-11-22-17/h2-4,6-7,14,16-17H,5,8-13H2,1H3,(H,19,21)/t14-,16+,17-/m1/s1. The third-order valence-corrected chi connectivity index (χ3v) is 4.85. The van der Waals surface area contributed by atoms with Crippen LogP contribution in [0.3, 0.4) is 0 Å². The summed E-state index contributed by atoms with van der Waals surface area (Å²) in [5.74, 6) is 0.145. The van der Waals surface area contributed by atoms with Gasteiger partial charge in [0.1, 0.15) is 0 Å². The van der Waals surface area contributed by atoms with Crippen LogP contribution in [0.4, 0.5) is 0 Å². The second kappa shape index (κ2) is 7.25. The van der Waals surface area contributed by atoms with Gasteiger partial charge in [0.05, 0.1) is 12.5 Å². The van der Waals surface area contributed by atoms with Crippen molar-refractivity contribution in [2.75, 3.05) is 19.7 Å². The normalized spacial score (nSPS) is 27.0. The zero-order valence-corrected chi connectivity index (χ0v) is 13.3. The van der Waals surface area contributed by atoms with Crippen LogP contribution in [0.1, 0.15) is 44.2 Å². The number of nitrogens with zero attached hydrogens (tertiary/aromatic N) is 1. The maximum absolute atomic E-state index is 12.1. The summed E-state index contributed by atoms with van der Waals surface area (Å²) >= 11 is 0. The number of rotatable bonds is 5. The lowest BCUT2D eigenvalue weighted by Crippen LogP contribution is -2.38. The first-order chi connectivity index (χ1) is 10.7. The van der Waals surface area contributed by atoms with E-state index in [1.54, 1.807) is 0 Å². The van der Waals surface area contributed by atoms with Crippen LogP contribution in [0.25, 0.3) is 0 Å². The van der Waals surface area contributed by atoms with Crippen LogP contribution in [0.2, 0.25) is 0 Å². The molecule has 0 saturated carbocycles. The molecule has 2 aliphatic heterocycles. The summed E-state index contributed by atoms with van der Waals surface area (Å²) in [5, 5.41) is 3.18. The minimum atomic E-state index is 0.140. The van der Waals surface area contributed by atoms with Crippen molar-refractivity contribution < 1.29 is 9.53 Å². The maximum atomic E-state index is 12.1. The van der Waals surface area contributed by atoms with Gasteiger partial charge in [0, 0.05) is 31.8 Å². The van der Waals surface area contributed by atoms with Gasteiger partial charge in [0.2, 0.25) is 5.91 Å². The molecule has 2 heterocycles. The first-order valence-electron chi connectivity index (χ1n) is 8.42. The van der Waals surface area contributed by atoms with Gasteiger partial charge < -0.3 is 10.1 Å². The van der Waals surface area contributed by atoms with Crippen molar-refractivity contribution in [1.82, 2.24) is 10.2 Å². The quantitative estimate of drug-likeness (QED) is 0.908. The summed E-state index contributed by atoms with van der Waals surface area (Å²) in [5.41, 5.74) is 1.34. The molecule has 0 spiro atoms. The minimum Gasteiger partial charge on any atom is -0.378 e. The molecule has 0 radical (unpaired) electrons. The molecule has 0 aliphatic carbocycles. The lowest BCUT2D eigenvalue weighted by atomic mass is 10.1. The van der Waals surface area contributed by atoms with E-state index in [4.69, 9.17) is 4.74 Å². The molecular formula is C18H26N2O2. The van der Waals surface area contributed by atoms with Crippen molar-refractivity contribution >= 4 is 5.91 Å². The SMILES string of the molecule is C[C@H](c1ccccc1)N1CC[C@H](NC(=O)C[C@H]2CCCO2)C1. The van der Waals surface area contributed by atoms with Crippen LogP contribution in [0, 0.1) is 0 Å². The molecule has 1 amide bonds. The van der Waals surface area contributed by atoms with Gasteiger partial charge in [-0.1, -0.05) is 30.3 Å². The summed E-state index contributed by atoms with van der Waals surface area (Å²) in [6.45, 7) is 5.03. The van der Waals surface area contributed by atoms with Gasteiger partial charge in [-0.3, -0.25) is 9.69 Å². The zero-order valence-electron chi connectivity index (χ0n) is 13.3. The fraction of sp³-hybridized carbons (Fsp3) is 0.611. The Morgan fingerprint density at radius 3 is 2.91 bits per heavy atom. The molecule has 2 aliphatic rings. The largest absolute Gasteiger partial charge is 0.378 e. The van der Waals surface area contributed by atoms with Gasteiger partial charge in [-0.05, 0) is 31.7 Å². The molecule has 3 atom stereocenters. The highest BCUT2D eigenvalue weighted by Crippen LogP contribution is 2.24. The average Bonchev–Trinajstić information content (AvgIpc) is 3.19. The van der Waals surface area contributed by atoms with Gasteiger partial charge in [0.15, 0.2) is 0 Å². The zero-order chi connectivity index (χ0) is 15.4. The molecule has 2 saturated heterocycles. The third kappa shape index (κ3) is 3.87. The van der Waals surface area contributed by atoms with Gasteiger partial charge in [-0.25, -0.2) is 0 Å². The van der Waals surface area contributed by atoms with E-state index in [2.05, 4.69) is 41.4 Å². The fourth-order valence-electron chi connectivity index (χ4n) is 3.50. The predicted molar refractivity (Wildman–Crippen MR) is 86.6 cm³/mol. The lowest BCUT2D eigenvalue weighted by Gasteiger charge is -2.25. The Labute approximate surface area is 132 Å². The summed E-state index contributed by atoms with van der Waals surface area (Å²) in [6, 6.07) is 11.3. The Morgan fingerprint density at radius 1 is 1.36 bits per heavy atom. The molecule has 1 aromatic rings. The van der Waals surface area contributed by atoms with Crippen LogP contribution in [-0.4, -0.2) is 42.6 Å². The highest BCUT2D eigenvalue weighted by molar-refractivity contribution is 5.76. The molecular weight excluding hydrogens is 276 g/mol. The van der Waals surface area contributed by atoms with Crippen molar-refractivity contribution in [2.24, 2.45) is 0 Å². The summed E-state index contributed by atoms with van der Waals surface area (Å²) < 4.78 is 5.53. The summed E-state index contributed by atoms with van der Waals surface area (Å²) in [6.07, 6.45) is 3.80.